The quantitative estimate of drug-likeness (QED) is 0.145. The van der Waals surface area contributed by atoms with Gasteiger partial charge in [-0.3, -0.25) is 4.57 Å². The number of benzene rings is 7. The van der Waals surface area contributed by atoms with E-state index in [1.54, 1.807) is 0 Å². The number of hydrogen-bond acceptors (Lipinski definition) is 4. The SMILES string of the molecule is CC(C)(C)c1cc(-c2ccccc2)cc(N2C=CN(c3cc(Oc4ccc5c6cc(-c7ccccc7)ccc6n(-c6cc(C(C)(C)C)ccn6)c5c4)cc(C(C)(C)c4ccccc4)c3)C2)c1. The van der Waals surface area contributed by atoms with E-state index in [9.17, 15) is 0 Å². The van der Waals surface area contributed by atoms with Crippen LogP contribution in [0, 0.1) is 0 Å². The van der Waals surface area contributed by atoms with Crippen LogP contribution in [0.15, 0.2) is 195 Å². The van der Waals surface area contributed by atoms with Crippen molar-refractivity contribution in [3.63, 3.8) is 0 Å². The smallest absolute Gasteiger partial charge is 0.137 e. The second kappa shape index (κ2) is 16.6. The van der Waals surface area contributed by atoms with Crippen molar-refractivity contribution in [3.05, 3.63) is 217 Å². The summed E-state index contributed by atoms with van der Waals surface area (Å²) < 4.78 is 9.34. The fourth-order valence-corrected chi connectivity index (χ4v) is 9.22. The Bertz CT molecular complexity index is 3240. The topological polar surface area (TPSA) is 33.5 Å². The Morgan fingerprint density at radius 2 is 1.05 bits per heavy atom. The zero-order valence-corrected chi connectivity index (χ0v) is 39.4. The third kappa shape index (κ3) is 8.26. The van der Waals surface area contributed by atoms with Crippen molar-refractivity contribution in [1.82, 2.24) is 9.55 Å². The summed E-state index contributed by atoms with van der Waals surface area (Å²) in [6.45, 7) is 18.9. The molecule has 1 aliphatic heterocycles. The summed E-state index contributed by atoms with van der Waals surface area (Å²) in [6, 6.07) is 63.4. The minimum atomic E-state index is -0.305. The molecule has 0 unspecified atom stereocenters. The Kier molecular flexibility index (Phi) is 10.7. The molecule has 0 bridgehead atoms. The van der Waals surface area contributed by atoms with Crippen LogP contribution < -0.4 is 14.5 Å². The van der Waals surface area contributed by atoms with Gasteiger partial charge in [0.15, 0.2) is 0 Å². The van der Waals surface area contributed by atoms with Gasteiger partial charge in [0, 0.05) is 58.3 Å². The van der Waals surface area contributed by atoms with Crippen LogP contribution in [0.2, 0.25) is 0 Å². The average Bonchev–Trinajstić information content (AvgIpc) is 3.95. The van der Waals surface area contributed by atoms with Crippen molar-refractivity contribution in [2.75, 3.05) is 16.5 Å². The van der Waals surface area contributed by atoms with Gasteiger partial charge in [-0.15, -0.1) is 0 Å². The Hall–Kier alpha value is -7.37. The van der Waals surface area contributed by atoms with Crippen molar-refractivity contribution in [3.8, 4) is 39.6 Å². The summed E-state index contributed by atoms with van der Waals surface area (Å²) in [4.78, 5) is 9.65. The minimum absolute atomic E-state index is 0.0122. The molecule has 5 heteroatoms. The molecule has 0 saturated carbocycles. The van der Waals surface area contributed by atoms with Gasteiger partial charge in [0.1, 0.15) is 17.3 Å². The van der Waals surface area contributed by atoms with Crippen LogP contribution in [0.1, 0.15) is 77.6 Å². The van der Waals surface area contributed by atoms with E-state index in [4.69, 9.17) is 9.72 Å². The highest BCUT2D eigenvalue weighted by atomic mass is 16.5. The summed E-state index contributed by atoms with van der Waals surface area (Å²) in [5.41, 5.74) is 13.8. The van der Waals surface area contributed by atoms with Gasteiger partial charge in [-0.2, -0.15) is 0 Å². The first-order valence-corrected chi connectivity index (χ1v) is 23.1. The first kappa shape index (κ1) is 42.6. The Morgan fingerprint density at radius 1 is 0.424 bits per heavy atom. The number of aromatic nitrogens is 2. The first-order chi connectivity index (χ1) is 31.7. The van der Waals surface area contributed by atoms with Crippen LogP contribution in [0.4, 0.5) is 11.4 Å². The summed E-state index contributed by atoms with van der Waals surface area (Å²) >= 11 is 0. The molecular formula is C61H58N4O. The molecule has 0 fully saturated rings. The number of ether oxygens (including phenoxy) is 1. The van der Waals surface area contributed by atoms with Crippen LogP contribution in [0.5, 0.6) is 11.5 Å². The molecule has 5 nitrogen and oxygen atoms in total. The average molecular weight is 863 g/mol. The third-order valence-electron chi connectivity index (χ3n) is 13.3. The van der Waals surface area contributed by atoms with Crippen molar-refractivity contribution in [1.29, 1.82) is 0 Å². The largest absolute Gasteiger partial charge is 0.457 e. The molecule has 0 amide bonds. The molecule has 7 aromatic carbocycles. The van der Waals surface area contributed by atoms with Gasteiger partial charge in [0.05, 0.1) is 17.7 Å². The highest BCUT2D eigenvalue weighted by molar-refractivity contribution is 6.10. The lowest BCUT2D eigenvalue weighted by Crippen LogP contribution is -2.26. The van der Waals surface area contributed by atoms with Crippen LogP contribution in [-0.4, -0.2) is 16.2 Å². The summed E-state index contributed by atoms with van der Waals surface area (Å²) in [7, 11) is 0. The van der Waals surface area contributed by atoms with Gasteiger partial charge >= 0.3 is 0 Å². The van der Waals surface area contributed by atoms with Crippen molar-refractivity contribution < 1.29 is 4.74 Å². The predicted octanol–water partition coefficient (Wildman–Crippen LogP) is 16.0. The lowest BCUT2D eigenvalue weighted by atomic mass is 9.78. The van der Waals surface area contributed by atoms with Gasteiger partial charge in [-0.05, 0) is 116 Å². The number of hydrogen-bond donors (Lipinski definition) is 0. The molecule has 2 aromatic heterocycles. The van der Waals surface area contributed by atoms with Crippen LogP contribution in [0.3, 0.4) is 0 Å². The normalized spacial score (nSPS) is 13.3. The third-order valence-corrected chi connectivity index (χ3v) is 13.3. The van der Waals surface area contributed by atoms with Crippen LogP contribution in [0.25, 0.3) is 49.9 Å². The van der Waals surface area contributed by atoms with E-state index in [1.807, 2.05) is 6.20 Å². The Morgan fingerprint density at radius 3 is 1.71 bits per heavy atom. The van der Waals surface area contributed by atoms with E-state index in [-0.39, 0.29) is 16.2 Å². The molecule has 0 radical (unpaired) electrons. The van der Waals surface area contributed by atoms with Crippen LogP contribution >= 0.6 is 0 Å². The molecular weight excluding hydrogens is 805 g/mol. The number of rotatable bonds is 9. The standard InChI is InChI=1S/C61H58N4O/c1-59(2,3)47-28-29-62-58(38-47)65-56-27-24-44(42-18-12-9-13-19-42)34-55(56)54-26-25-52(40-57(54)65)66-53-37-49(61(7,8)46-22-16-11-17-23-46)36-51(39-53)64-31-30-63(41-64)50-33-45(43-20-14-10-15-21-43)32-48(35-50)60(4,5)6/h9-40H,41H2,1-8H3. The minimum Gasteiger partial charge on any atom is -0.457 e. The molecule has 10 rings (SSSR count). The summed E-state index contributed by atoms with van der Waals surface area (Å²) in [6.07, 6.45) is 6.33. The fraction of sp³-hybridized carbons (Fsp3) is 0.197. The van der Waals surface area contributed by atoms with E-state index in [0.717, 1.165) is 39.4 Å². The number of pyridine rings is 1. The van der Waals surface area contributed by atoms with Crippen molar-refractivity contribution in [2.45, 2.75) is 71.6 Å². The monoisotopic (exact) mass is 862 g/mol. The van der Waals surface area contributed by atoms with E-state index < -0.39 is 0 Å². The number of nitrogens with zero attached hydrogens (tertiary/aromatic N) is 4. The molecule has 66 heavy (non-hydrogen) atoms. The molecule has 0 spiro atoms. The summed E-state index contributed by atoms with van der Waals surface area (Å²) in [5.74, 6) is 2.42. The zero-order valence-electron chi connectivity index (χ0n) is 39.4. The predicted molar refractivity (Wildman–Crippen MR) is 277 cm³/mol. The van der Waals surface area contributed by atoms with Gasteiger partial charge < -0.3 is 14.5 Å². The van der Waals surface area contributed by atoms with Crippen molar-refractivity contribution >= 4 is 33.2 Å². The molecule has 3 heterocycles. The maximum atomic E-state index is 7.05. The zero-order chi connectivity index (χ0) is 45.8. The maximum Gasteiger partial charge on any atom is 0.137 e. The second-order valence-corrected chi connectivity index (χ2v) is 20.3. The van der Waals surface area contributed by atoms with E-state index in [0.29, 0.717) is 6.67 Å². The number of fused-ring (bicyclic) bond motifs is 3. The molecule has 0 saturated heterocycles. The first-order valence-electron chi connectivity index (χ1n) is 23.1. The van der Waals surface area contributed by atoms with Gasteiger partial charge in [-0.25, -0.2) is 4.98 Å². The molecule has 0 atom stereocenters. The lowest BCUT2D eigenvalue weighted by Gasteiger charge is -2.29. The fourth-order valence-electron chi connectivity index (χ4n) is 9.22. The van der Waals surface area contributed by atoms with Gasteiger partial charge in [-0.1, -0.05) is 159 Å². The second-order valence-electron chi connectivity index (χ2n) is 20.3. The molecule has 0 aliphatic carbocycles. The molecule has 1 aliphatic rings. The van der Waals surface area contributed by atoms with E-state index >= 15 is 0 Å². The molecule has 328 valence electrons. The molecule has 9 aromatic rings. The number of anilines is 2. The Labute approximate surface area is 390 Å². The maximum absolute atomic E-state index is 7.05. The van der Waals surface area contributed by atoms with E-state index in [1.165, 1.54) is 55.6 Å². The highest BCUT2D eigenvalue weighted by Crippen LogP contribution is 2.42. The van der Waals surface area contributed by atoms with Gasteiger partial charge in [0.25, 0.3) is 0 Å². The summed E-state index contributed by atoms with van der Waals surface area (Å²) in [5, 5.41) is 2.31. The lowest BCUT2D eigenvalue weighted by molar-refractivity contribution is 0.480. The molecule has 0 N–H and O–H groups in total. The van der Waals surface area contributed by atoms with Gasteiger partial charge in [0.2, 0.25) is 0 Å². The van der Waals surface area contributed by atoms with Crippen molar-refractivity contribution in [2.24, 2.45) is 0 Å². The van der Waals surface area contributed by atoms with E-state index in [2.05, 4.69) is 258 Å². The highest BCUT2D eigenvalue weighted by Gasteiger charge is 2.27. The Balaban J connectivity index is 1.06. The van der Waals surface area contributed by atoms with Crippen LogP contribution in [-0.2, 0) is 16.2 Å².